The quantitative estimate of drug-likeness (QED) is 0.770. The van der Waals surface area contributed by atoms with E-state index in [1.54, 1.807) is 0 Å². The predicted octanol–water partition coefficient (Wildman–Crippen LogP) is 2.47. The van der Waals surface area contributed by atoms with Crippen LogP contribution in [0.2, 0.25) is 0 Å². The van der Waals surface area contributed by atoms with Crippen molar-refractivity contribution in [1.82, 2.24) is 15.1 Å². The van der Waals surface area contributed by atoms with E-state index in [0.29, 0.717) is 19.8 Å². The van der Waals surface area contributed by atoms with E-state index in [1.807, 2.05) is 48.1 Å². The van der Waals surface area contributed by atoms with E-state index >= 15 is 0 Å². The summed E-state index contributed by atoms with van der Waals surface area (Å²) in [5.41, 5.74) is 1.05. The van der Waals surface area contributed by atoms with E-state index in [-0.39, 0.29) is 0 Å². The molecule has 0 aliphatic rings. The Morgan fingerprint density at radius 2 is 1.86 bits per heavy atom. The summed E-state index contributed by atoms with van der Waals surface area (Å²) in [5, 5.41) is 7.74. The van der Waals surface area contributed by atoms with Gasteiger partial charge in [0.15, 0.2) is 11.5 Å². The topological polar surface area (TPSA) is 48.3 Å². The third-order valence-corrected chi connectivity index (χ3v) is 2.98. The molecule has 0 amide bonds. The number of rotatable bonds is 9. The molecule has 0 aliphatic carbocycles. The van der Waals surface area contributed by atoms with Gasteiger partial charge in [-0.05, 0) is 31.7 Å². The first-order chi connectivity index (χ1) is 10.3. The second kappa shape index (κ2) is 8.32. The van der Waals surface area contributed by atoms with Crippen LogP contribution in [0.3, 0.4) is 0 Å². The van der Waals surface area contributed by atoms with Crippen LogP contribution in [0.5, 0.6) is 11.5 Å². The molecule has 1 aromatic carbocycles. The lowest BCUT2D eigenvalue weighted by atomic mass is 10.3. The molecule has 1 aromatic heterocycles. The molecule has 5 heteroatoms. The van der Waals surface area contributed by atoms with Crippen molar-refractivity contribution in [3.63, 3.8) is 0 Å². The van der Waals surface area contributed by atoms with Crippen molar-refractivity contribution in [3.05, 3.63) is 42.2 Å². The van der Waals surface area contributed by atoms with Gasteiger partial charge in [-0.3, -0.25) is 4.68 Å². The van der Waals surface area contributed by atoms with Gasteiger partial charge in [-0.15, -0.1) is 0 Å². The number of hydrogen-bond donors (Lipinski definition) is 1. The molecule has 5 nitrogen and oxygen atoms in total. The fourth-order valence-electron chi connectivity index (χ4n) is 1.97. The van der Waals surface area contributed by atoms with E-state index in [1.165, 1.54) is 0 Å². The Balaban J connectivity index is 1.82. The van der Waals surface area contributed by atoms with Crippen molar-refractivity contribution in [2.75, 3.05) is 19.8 Å². The average Bonchev–Trinajstić information content (AvgIpc) is 2.95. The highest BCUT2D eigenvalue weighted by Gasteiger charge is 2.04. The zero-order chi connectivity index (χ0) is 14.9. The Labute approximate surface area is 125 Å². The molecule has 21 heavy (non-hydrogen) atoms. The van der Waals surface area contributed by atoms with E-state index < -0.39 is 0 Å². The molecule has 0 aliphatic heterocycles. The van der Waals surface area contributed by atoms with Gasteiger partial charge in [-0.1, -0.05) is 19.1 Å². The second-order valence-corrected chi connectivity index (χ2v) is 4.58. The van der Waals surface area contributed by atoms with Crippen LogP contribution in [0.4, 0.5) is 0 Å². The number of aromatic nitrogens is 2. The van der Waals surface area contributed by atoms with Gasteiger partial charge in [0, 0.05) is 12.7 Å². The summed E-state index contributed by atoms with van der Waals surface area (Å²) in [7, 11) is 0. The lowest BCUT2D eigenvalue weighted by molar-refractivity contribution is 0.262. The molecule has 0 radical (unpaired) electrons. The molecule has 0 spiro atoms. The summed E-state index contributed by atoms with van der Waals surface area (Å²) in [4.78, 5) is 0. The monoisotopic (exact) mass is 289 g/mol. The predicted molar refractivity (Wildman–Crippen MR) is 82.7 cm³/mol. The van der Waals surface area contributed by atoms with Gasteiger partial charge in [0.05, 0.1) is 18.8 Å². The molecule has 0 fully saturated rings. The normalized spacial score (nSPS) is 10.6. The van der Waals surface area contributed by atoms with Crippen LogP contribution in [0.15, 0.2) is 36.5 Å². The maximum atomic E-state index is 5.78. The van der Waals surface area contributed by atoms with Crippen LogP contribution in [-0.2, 0) is 13.1 Å². The second-order valence-electron chi connectivity index (χ2n) is 4.58. The molecular weight excluding hydrogens is 266 g/mol. The molecule has 0 unspecified atom stereocenters. The highest BCUT2D eigenvalue weighted by atomic mass is 16.5. The molecule has 2 rings (SSSR count). The van der Waals surface area contributed by atoms with Crippen molar-refractivity contribution in [1.29, 1.82) is 0 Å². The largest absolute Gasteiger partial charge is 0.490 e. The van der Waals surface area contributed by atoms with Gasteiger partial charge in [-0.2, -0.15) is 5.10 Å². The number of ether oxygens (including phenoxy) is 2. The zero-order valence-corrected chi connectivity index (χ0v) is 12.7. The number of nitrogens with zero attached hydrogens (tertiary/aromatic N) is 2. The summed E-state index contributed by atoms with van der Waals surface area (Å²) in [6.45, 7) is 7.71. The highest BCUT2D eigenvalue weighted by molar-refractivity contribution is 5.39. The summed E-state index contributed by atoms with van der Waals surface area (Å²) >= 11 is 0. The van der Waals surface area contributed by atoms with Crippen LogP contribution in [0.25, 0.3) is 0 Å². The molecular formula is C16H23N3O2. The van der Waals surface area contributed by atoms with Gasteiger partial charge < -0.3 is 14.8 Å². The van der Waals surface area contributed by atoms with E-state index in [2.05, 4.69) is 17.3 Å². The van der Waals surface area contributed by atoms with E-state index in [9.17, 15) is 0 Å². The van der Waals surface area contributed by atoms with Crippen LogP contribution >= 0.6 is 0 Å². The molecule has 0 atom stereocenters. The van der Waals surface area contributed by atoms with Crippen molar-refractivity contribution in [2.45, 2.75) is 26.9 Å². The van der Waals surface area contributed by atoms with Crippen molar-refractivity contribution < 1.29 is 9.47 Å². The molecule has 0 bridgehead atoms. The minimum absolute atomic E-state index is 0.562. The highest BCUT2D eigenvalue weighted by Crippen LogP contribution is 2.26. The summed E-state index contributed by atoms with van der Waals surface area (Å²) in [6, 6.07) is 9.75. The molecule has 0 saturated carbocycles. The van der Waals surface area contributed by atoms with Crippen molar-refractivity contribution in [3.8, 4) is 11.5 Å². The number of benzene rings is 1. The summed E-state index contributed by atoms with van der Waals surface area (Å²) in [6.07, 6.45) is 1.98. The van der Waals surface area contributed by atoms with Gasteiger partial charge in [0.25, 0.3) is 0 Å². The number of hydrogen-bond acceptors (Lipinski definition) is 4. The SMILES string of the molecule is CCNCc1ccn(CCOc2ccccc2OCC)n1. The zero-order valence-electron chi connectivity index (χ0n) is 12.7. The molecule has 0 saturated heterocycles. The molecule has 1 heterocycles. The Hall–Kier alpha value is -2.01. The van der Waals surface area contributed by atoms with Crippen LogP contribution < -0.4 is 14.8 Å². The number of nitrogens with one attached hydrogen (secondary N) is 1. The summed E-state index contributed by atoms with van der Waals surface area (Å²) < 4.78 is 13.2. The van der Waals surface area contributed by atoms with Gasteiger partial charge in [0.1, 0.15) is 6.61 Å². The average molecular weight is 289 g/mol. The summed E-state index contributed by atoms with van der Waals surface area (Å²) in [5.74, 6) is 1.56. The third-order valence-electron chi connectivity index (χ3n) is 2.98. The Morgan fingerprint density at radius 3 is 2.57 bits per heavy atom. The van der Waals surface area contributed by atoms with Crippen molar-refractivity contribution in [2.24, 2.45) is 0 Å². The first-order valence-electron chi connectivity index (χ1n) is 7.41. The number of para-hydroxylation sites is 2. The van der Waals surface area contributed by atoms with Gasteiger partial charge >= 0.3 is 0 Å². The Morgan fingerprint density at radius 1 is 1.10 bits per heavy atom. The Kier molecular flexibility index (Phi) is 6.09. The van der Waals surface area contributed by atoms with Gasteiger partial charge in [-0.25, -0.2) is 0 Å². The third kappa shape index (κ3) is 4.79. The smallest absolute Gasteiger partial charge is 0.161 e. The molecule has 1 N–H and O–H groups in total. The maximum absolute atomic E-state index is 5.78. The van der Waals surface area contributed by atoms with Gasteiger partial charge in [0.2, 0.25) is 0 Å². The first kappa shape index (κ1) is 15.4. The van der Waals surface area contributed by atoms with Crippen molar-refractivity contribution >= 4 is 0 Å². The van der Waals surface area contributed by atoms with E-state index in [4.69, 9.17) is 9.47 Å². The Bertz CT molecular complexity index is 540. The first-order valence-corrected chi connectivity index (χ1v) is 7.41. The van der Waals surface area contributed by atoms with E-state index in [0.717, 1.165) is 30.3 Å². The fourth-order valence-corrected chi connectivity index (χ4v) is 1.97. The maximum Gasteiger partial charge on any atom is 0.161 e. The van der Waals surface area contributed by atoms with Crippen LogP contribution in [0.1, 0.15) is 19.5 Å². The molecule has 114 valence electrons. The van der Waals surface area contributed by atoms with Crippen LogP contribution in [0, 0.1) is 0 Å². The minimum Gasteiger partial charge on any atom is -0.490 e. The van der Waals surface area contributed by atoms with Crippen LogP contribution in [-0.4, -0.2) is 29.5 Å². The standard InChI is InChI=1S/C16H23N3O2/c1-3-17-13-14-9-10-19(18-14)11-12-21-16-8-6-5-7-15(16)20-4-2/h5-10,17H,3-4,11-13H2,1-2H3. The lowest BCUT2D eigenvalue weighted by Gasteiger charge is -2.11. The lowest BCUT2D eigenvalue weighted by Crippen LogP contribution is -2.13. The fraction of sp³-hybridized carbons (Fsp3) is 0.438. The minimum atomic E-state index is 0.562. The molecule has 2 aromatic rings.